The highest BCUT2D eigenvalue weighted by atomic mass is 79.9. The number of fused-ring (bicyclic) bond motifs is 3. The van der Waals surface area contributed by atoms with Gasteiger partial charge >= 0.3 is 0 Å². The summed E-state index contributed by atoms with van der Waals surface area (Å²) in [5.74, 6) is 2.05. The molecule has 0 radical (unpaired) electrons. The molecule has 0 N–H and O–H groups in total. The third-order valence-electron chi connectivity index (χ3n) is 5.15. The fourth-order valence-electron chi connectivity index (χ4n) is 3.82. The van der Waals surface area contributed by atoms with Gasteiger partial charge in [-0.3, -0.25) is 0 Å². The lowest BCUT2D eigenvalue weighted by Gasteiger charge is -2.11. The predicted molar refractivity (Wildman–Crippen MR) is 128 cm³/mol. The Morgan fingerprint density at radius 1 is 0.759 bits per heavy atom. The maximum Gasteiger partial charge on any atom is 0.119 e. The molecule has 0 aliphatic carbocycles. The summed E-state index contributed by atoms with van der Waals surface area (Å²) in [4.78, 5) is 0. The van der Waals surface area contributed by atoms with Crippen LogP contribution in [-0.4, -0.2) is 11.2 Å². The Labute approximate surface area is 181 Å². The van der Waals surface area contributed by atoms with E-state index in [1.165, 1.54) is 32.9 Å². The van der Waals surface area contributed by atoms with E-state index in [0.717, 1.165) is 23.4 Å². The van der Waals surface area contributed by atoms with Crippen LogP contribution in [0.4, 0.5) is 0 Å². The van der Waals surface area contributed by atoms with E-state index in [4.69, 9.17) is 4.74 Å². The van der Waals surface area contributed by atoms with Crippen LogP contribution in [-0.2, 0) is 6.54 Å². The molecule has 2 nitrogen and oxygen atoms in total. The molecule has 4 rings (SSSR count). The molecule has 0 saturated carbocycles. The topological polar surface area (TPSA) is 14.2 Å². The zero-order valence-corrected chi connectivity index (χ0v) is 19.2. The van der Waals surface area contributed by atoms with Gasteiger partial charge in [0.05, 0.1) is 6.61 Å². The molecule has 0 fully saturated rings. The summed E-state index contributed by atoms with van der Waals surface area (Å²) in [7, 11) is 0. The zero-order valence-electron chi connectivity index (χ0n) is 17.6. The monoisotopic (exact) mass is 449 g/mol. The summed E-state index contributed by atoms with van der Waals surface area (Å²) in [6.45, 7) is 10.6. The summed E-state index contributed by atoms with van der Waals surface area (Å²) >= 11 is 3.65. The smallest absolute Gasteiger partial charge is 0.119 e. The van der Waals surface area contributed by atoms with Crippen LogP contribution in [0.5, 0.6) is 5.75 Å². The van der Waals surface area contributed by atoms with Gasteiger partial charge in [0.1, 0.15) is 5.75 Å². The molecule has 1 aromatic heterocycles. The third kappa shape index (κ3) is 4.20. The Morgan fingerprint density at radius 2 is 1.38 bits per heavy atom. The number of nitrogens with zero attached hydrogens (tertiary/aromatic N) is 1. The predicted octanol–water partition coefficient (Wildman–Crippen LogP) is 7.91. The molecule has 0 saturated heterocycles. The first-order valence-electron chi connectivity index (χ1n) is 10.4. The van der Waals surface area contributed by atoms with Gasteiger partial charge in [0.2, 0.25) is 0 Å². The quantitative estimate of drug-likeness (QED) is 0.291. The Morgan fingerprint density at radius 3 is 2.03 bits per heavy atom. The van der Waals surface area contributed by atoms with Crippen molar-refractivity contribution in [2.75, 3.05) is 6.61 Å². The van der Waals surface area contributed by atoms with Crippen molar-refractivity contribution in [2.24, 2.45) is 11.8 Å². The van der Waals surface area contributed by atoms with Crippen LogP contribution in [0.15, 0.2) is 65.1 Å². The summed E-state index contributed by atoms with van der Waals surface area (Å²) in [5, 5.41) is 2.60. The fraction of sp³-hybridized carbons (Fsp3) is 0.308. The minimum Gasteiger partial charge on any atom is -0.493 e. The van der Waals surface area contributed by atoms with Crippen molar-refractivity contribution in [3.05, 3.63) is 65.1 Å². The van der Waals surface area contributed by atoms with Crippen LogP contribution in [0.1, 0.15) is 27.7 Å². The van der Waals surface area contributed by atoms with E-state index < -0.39 is 0 Å². The van der Waals surface area contributed by atoms with E-state index in [1.54, 1.807) is 0 Å². The molecule has 0 aliphatic rings. The maximum absolute atomic E-state index is 5.83. The van der Waals surface area contributed by atoms with Gasteiger partial charge in [0.25, 0.3) is 0 Å². The van der Waals surface area contributed by atoms with Gasteiger partial charge in [-0.05, 0) is 65.4 Å². The van der Waals surface area contributed by atoms with E-state index in [2.05, 4.69) is 109 Å². The van der Waals surface area contributed by atoms with E-state index in [1.807, 2.05) is 0 Å². The van der Waals surface area contributed by atoms with E-state index in [9.17, 15) is 0 Å². The Bertz CT molecular complexity index is 1140. The lowest BCUT2D eigenvalue weighted by Crippen LogP contribution is -2.04. The van der Waals surface area contributed by atoms with Gasteiger partial charge in [0, 0.05) is 32.8 Å². The highest BCUT2D eigenvalue weighted by Gasteiger charge is 2.13. The number of hydrogen-bond acceptors (Lipinski definition) is 1. The Hall–Kier alpha value is -2.26. The SMILES string of the molecule is CC(C)COc1ccc(-c2ccc3c(c2)c2cc(Br)ccc2n3CC(C)C)cc1. The van der Waals surface area contributed by atoms with Crippen LogP contribution in [0.2, 0.25) is 0 Å². The first-order chi connectivity index (χ1) is 13.9. The second-order valence-corrected chi connectivity index (χ2v) is 9.54. The summed E-state index contributed by atoms with van der Waals surface area (Å²) < 4.78 is 9.40. The fourth-order valence-corrected chi connectivity index (χ4v) is 4.19. The second kappa shape index (κ2) is 8.23. The molecule has 0 atom stereocenters. The third-order valence-corrected chi connectivity index (χ3v) is 5.64. The van der Waals surface area contributed by atoms with E-state index in [-0.39, 0.29) is 0 Å². The van der Waals surface area contributed by atoms with Crippen LogP contribution in [0.25, 0.3) is 32.9 Å². The molecule has 4 aromatic rings. The van der Waals surface area contributed by atoms with Gasteiger partial charge in [-0.25, -0.2) is 0 Å². The zero-order chi connectivity index (χ0) is 20.5. The number of benzene rings is 3. The van der Waals surface area contributed by atoms with Crippen molar-refractivity contribution in [1.29, 1.82) is 0 Å². The summed E-state index contributed by atoms with van der Waals surface area (Å²) in [5.41, 5.74) is 5.04. The molecule has 0 bridgehead atoms. The number of hydrogen-bond donors (Lipinski definition) is 0. The van der Waals surface area contributed by atoms with Crippen LogP contribution in [0, 0.1) is 11.8 Å². The first-order valence-corrected chi connectivity index (χ1v) is 11.2. The number of halogens is 1. The Kier molecular flexibility index (Phi) is 5.69. The molecule has 29 heavy (non-hydrogen) atoms. The minimum absolute atomic E-state index is 0.527. The molecular formula is C26H28BrNO. The van der Waals surface area contributed by atoms with Crippen molar-refractivity contribution in [3.63, 3.8) is 0 Å². The number of ether oxygens (including phenoxy) is 1. The molecule has 0 aliphatic heterocycles. The van der Waals surface area contributed by atoms with Crippen molar-refractivity contribution in [3.8, 4) is 16.9 Å². The molecular weight excluding hydrogens is 422 g/mol. The second-order valence-electron chi connectivity index (χ2n) is 8.63. The molecule has 0 amide bonds. The summed E-state index contributed by atoms with van der Waals surface area (Å²) in [6, 6.07) is 21.9. The number of rotatable bonds is 6. The van der Waals surface area contributed by atoms with Crippen molar-refractivity contribution in [1.82, 2.24) is 4.57 Å². The van der Waals surface area contributed by atoms with Crippen LogP contribution >= 0.6 is 15.9 Å². The summed E-state index contributed by atoms with van der Waals surface area (Å²) in [6.07, 6.45) is 0. The van der Waals surface area contributed by atoms with E-state index in [0.29, 0.717) is 11.8 Å². The van der Waals surface area contributed by atoms with Gasteiger partial charge in [-0.2, -0.15) is 0 Å². The lowest BCUT2D eigenvalue weighted by atomic mass is 10.0. The minimum atomic E-state index is 0.527. The molecule has 0 unspecified atom stereocenters. The molecule has 3 aromatic carbocycles. The van der Waals surface area contributed by atoms with Crippen molar-refractivity contribution >= 4 is 37.7 Å². The Balaban J connectivity index is 1.77. The largest absolute Gasteiger partial charge is 0.493 e. The van der Waals surface area contributed by atoms with Crippen molar-refractivity contribution < 1.29 is 4.74 Å². The van der Waals surface area contributed by atoms with Crippen LogP contribution < -0.4 is 4.74 Å². The molecule has 3 heteroatoms. The van der Waals surface area contributed by atoms with Gasteiger partial charge in [-0.15, -0.1) is 0 Å². The maximum atomic E-state index is 5.83. The average Bonchev–Trinajstić information content (AvgIpc) is 2.98. The van der Waals surface area contributed by atoms with Gasteiger partial charge < -0.3 is 9.30 Å². The van der Waals surface area contributed by atoms with Gasteiger partial charge in [0.15, 0.2) is 0 Å². The highest BCUT2D eigenvalue weighted by Crippen LogP contribution is 2.35. The number of aromatic nitrogens is 1. The van der Waals surface area contributed by atoms with Gasteiger partial charge in [-0.1, -0.05) is 61.8 Å². The average molecular weight is 450 g/mol. The lowest BCUT2D eigenvalue weighted by molar-refractivity contribution is 0.271. The standard InChI is InChI=1S/C26H28BrNO/c1-17(2)15-28-25-11-7-20(13-23(25)24-14-21(27)8-12-26(24)28)19-5-9-22(10-6-19)29-16-18(3)4/h5-14,17-18H,15-16H2,1-4H3. The highest BCUT2D eigenvalue weighted by molar-refractivity contribution is 9.10. The van der Waals surface area contributed by atoms with Crippen LogP contribution in [0.3, 0.4) is 0 Å². The van der Waals surface area contributed by atoms with Crippen molar-refractivity contribution in [2.45, 2.75) is 34.2 Å². The van der Waals surface area contributed by atoms with E-state index >= 15 is 0 Å². The molecule has 1 heterocycles. The first kappa shape index (κ1) is 20.0. The molecule has 0 spiro atoms. The normalized spacial score (nSPS) is 11.8. The molecule has 150 valence electrons.